The Hall–Kier alpha value is -1.39. The third-order valence-electron chi connectivity index (χ3n) is 3.41. The highest BCUT2D eigenvalue weighted by Gasteiger charge is 2.31. The van der Waals surface area contributed by atoms with Crippen LogP contribution in [-0.4, -0.2) is 18.5 Å². The van der Waals surface area contributed by atoms with Gasteiger partial charge in [0.1, 0.15) is 0 Å². The molecule has 3 nitrogen and oxygen atoms in total. The fourth-order valence-corrected chi connectivity index (χ4v) is 3.17. The molecule has 18 heavy (non-hydrogen) atoms. The topological polar surface area (TPSA) is 55.1 Å². The van der Waals surface area contributed by atoms with Crippen LogP contribution >= 0.6 is 11.3 Å². The third-order valence-corrected chi connectivity index (χ3v) is 4.53. The molecule has 1 aromatic heterocycles. The van der Waals surface area contributed by atoms with Crippen LogP contribution < -0.4 is 11.1 Å². The number of hydrogen-bond donors (Lipinski definition) is 2. The lowest BCUT2D eigenvalue weighted by atomic mass is 10.2. The van der Waals surface area contributed by atoms with Gasteiger partial charge in [0.05, 0.1) is 4.88 Å². The number of carbonyl (C=O) groups excluding carboxylic acids is 1. The van der Waals surface area contributed by atoms with E-state index in [2.05, 4.69) is 5.32 Å². The van der Waals surface area contributed by atoms with Gasteiger partial charge < -0.3 is 11.1 Å². The monoisotopic (exact) mass is 260 g/mol. The van der Waals surface area contributed by atoms with E-state index in [9.17, 15) is 4.79 Å². The largest absolute Gasteiger partial charge is 0.347 e. The number of carbonyl (C=O) groups is 1. The van der Waals surface area contributed by atoms with E-state index < -0.39 is 0 Å². The van der Waals surface area contributed by atoms with Gasteiger partial charge in [-0.05, 0) is 36.3 Å². The average molecular weight is 260 g/mol. The minimum atomic E-state index is 0.0125. The Morgan fingerprint density at radius 2 is 2.22 bits per heavy atom. The lowest BCUT2D eigenvalue weighted by Crippen LogP contribution is -2.41. The summed E-state index contributed by atoms with van der Waals surface area (Å²) in [6, 6.07) is 10.2. The highest BCUT2D eigenvalue weighted by molar-refractivity contribution is 7.20. The van der Waals surface area contributed by atoms with Crippen LogP contribution in [0.3, 0.4) is 0 Å². The van der Waals surface area contributed by atoms with Crippen molar-refractivity contribution < 1.29 is 4.79 Å². The molecule has 0 saturated heterocycles. The molecule has 1 aliphatic rings. The van der Waals surface area contributed by atoms with Crippen molar-refractivity contribution in [3.05, 3.63) is 35.2 Å². The van der Waals surface area contributed by atoms with Gasteiger partial charge in [-0.2, -0.15) is 0 Å². The van der Waals surface area contributed by atoms with E-state index in [1.807, 2.05) is 30.3 Å². The summed E-state index contributed by atoms with van der Waals surface area (Å²) in [5.41, 5.74) is 5.70. The van der Waals surface area contributed by atoms with E-state index in [1.165, 1.54) is 24.2 Å². The second-order valence-electron chi connectivity index (χ2n) is 4.80. The molecule has 2 aromatic rings. The highest BCUT2D eigenvalue weighted by Crippen LogP contribution is 2.32. The maximum Gasteiger partial charge on any atom is 0.261 e. The van der Waals surface area contributed by atoms with Crippen LogP contribution in [0, 0.1) is 5.92 Å². The normalized spacial score (nSPS) is 16.7. The molecular weight excluding hydrogens is 244 g/mol. The summed E-state index contributed by atoms with van der Waals surface area (Å²) in [5, 5.41) is 4.18. The predicted octanol–water partition coefficient (Wildman–Crippen LogP) is 2.37. The summed E-state index contributed by atoms with van der Waals surface area (Å²) < 4.78 is 1.15. The van der Waals surface area contributed by atoms with Crippen molar-refractivity contribution >= 4 is 27.3 Å². The SMILES string of the molecule is NCC(NC(=O)c1cc2ccccc2s1)C1CC1. The Morgan fingerprint density at radius 1 is 1.44 bits per heavy atom. The summed E-state index contributed by atoms with van der Waals surface area (Å²) in [5.74, 6) is 0.604. The first-order valence-corrected chi connectivity index (χ1v) is 7.09. The van der Waals surface area contributed by atoms with Gasteiger partial charge in [0.2, 0.25) is 0 Å². The van der Waals surface area contributed by atoms with E-state index in [0.29, 0.717) is 12.5 Å². The molecule has 0 spiro atoms. The number of amides is 1. The van der Waals surface area contributed by atoms with Gasteiger partial charge in [-0.1, -0.05) is 18.2 Å². The first-order valence-electron chi connectivity index (χ1n) is 6.27. The number of rotatable bonds is 4. The second kappa shape index (κ2) is 4.71. The van der Waals surface area contributed by atoms with Crippen LogP contribution in [0.25, 0.3) is 10.1 Å². The maximum atomic E-state index is 12.2. The highest BCUT2D eigenvalue weighted by atomic mass is 32.1. The molecule has 1 fully saturated rings. The van der Waals surface area contributed by atoms with E-state index in [-0.39, 0.29) is 11.9 Å². The zero-order valence-corrected chi connectivity index (χ0v) is 10.9. The maximum absolute atomic E-state index is 12.2. The van der Waals surface area contributed by atoms with Crippen molar-refractivity contribution in [1.29, 1.82) is 0 Å². The smallest absolute Gasteiger partial charge is 0.261 e. The van der Waals surface area contributed by atoms with E-state index in [1.54, 1.807) is 0 Å². The van der Waals surface area contributed by atoms with Crippen LogP contribution in [0.2, 0.25) is 0 Å². The lowest BCUT2D eigenvalue weighted by Gasteiger charge is -2.14. The van der Waals surface area contributed by atoms with Gasteiger partial charge >= 0.3 is 0 Å². The summed E-state index contributed by atoms with van der Waals surface area (Å²) in [6.45, 7) is 0.529. The molecule has 1 aromatic carbocycles. The predicted molar refractivity (Wildman–Crippen MR) is 74.9 cm³/mol. The van der Waals surface area contributed by atoms with Crippen molar-refractivity contribution in [3.8, 4) is 0 Å². The fraction of sp³-hybridized carbons (Fsp3) is 0.357. The first-order chi connectivity index (χ1) is 8.78. The van der Waals surface area contributed by atoms with Gasteiger partial charge in [0, 0.05) is 17.3 Å². The number of nitrogens with two attached hydrogens (primary N) is 1. The molecule has 1 amide bonds. The van der Waals surface area contributed by atoms with Crippen molar-refractivity contribution in [1.82, 2.24) is 5.32 Å². The number of hydrogen-bond acceptors (Lipinski definition) is 3. The average Bonchev–Trinajstić information content (AvgIpc) is 3.13. The summed E-state index contributed by atoms with van der Waals surface area (Å²) >= 11 is 1.54. The number of benzene rings is 1. The zero-order chi connectivity index (χ0) is 12.5. The Kier molecular flexibility index (Phi) is 3.06. The fourth-order valence-electron chi connectivity index (χ4n) is 2.20. The van der Waals surface area contributed by atoms with Gasteiger partial charge in [0.15, 0.2) is 0 Å². The van der Waals surface area contributed by atoms with Crippen LogP contribution in [-0.2, 0) is 0 Å². The van der Waals surface area contributed by atoms with Crippen molar-refractivity contribution in [3.63, 3.8) is 0 Å². The van der Waals surface area contributed by atoms with Crippen LogP contribution in [0.5, 0.6) is 0 Å². The first kappa shape index (κ1) is 11.7. The Labute approximate surface area is 110 Å². The van der Waals surface area contributed by atoms with Crippen molar-refractivity contribution in [2.24, 2.45) is 11.7 Å². The molecule has 1 heterocycles. The van der Waals surface area contributed by atoms with Gasteiger partial charge in [0.25, 0.3) is 5.91 Å². The Balaban J connectivity index is 1.78. The van der Waals surface area contributed by atoms with Gasteiger partial charge in [-0.15, -0.1) is 11.3 Å². The minimum Gasteiger partial charge on any atom is -0.347 e. The lowest BCUT2D eigenvalue weighted by molar-refractivity contribution is 0.0937. The van der Waals surface area contributed by atoms with E-state index >= 15 is 0 Å². The summed E-state index contributed by atoms with van der Waals surface area (Å²) in [7, 11) is 0. The Bertz CT molecular complexity index is 541. The molecular formula is C14H16N2OS. The quantitative estimate of drug-likeness (QED) is 0.886. The molecule has 1 saturated carbocycles. The molecule has 0 radical (unpaired) electrons. The number of fused-ring (bicyclic) bond motifs is 1. The number of thiophene rings is 1. The molecule has 3 N–H and O–H groups in total. The van der Waals surface area contributed by atoms with E-state index in [4.69, 9.17) is 5.73 Å². The van der Waals surface area contributed by atoms with Crippen LogP contribution in [0.15, 0.2) is 30.3 Å². The van der Waals surface area contributed by atoms with Crippen LogP contribution in [0.1, 0.15) is 22.5 Å². The summed E-state index contributed by atoms with van der Waals surface area (Å²) in [4.78, 5) is 12.9. The molecule has 1 aliphatic carbocycles. The third kappa shape index (κ3) is 2.26. The molecule has 1 unspecified atom stereocenters. The standard InChI is InChI=1S/C14H16N2OS/c15-8-11(9-5-6-9)16-14(17)13-7-10-3-1-2-4-12(10)18-13/h1-4,7,9,11H,5-6,8,15H2,(H,16,17). The van der Waals surface area contributed by atoms with Gasteiger partial charge in [-0.3, -0.25) is 4.79 Å². The Morgan fingerprint density at radius 3 is 2.89 bits per heavy atom. The van der Waals surface area contributed by atoms with Crippen molar-refractivity contribution in [2.75, 3.05) is 6.54 Å². The van der Waals surface area contributed by atoms with E-state index in [0.717, 1.165) is 15.0 Å². The zero-order valence-electron chi connectivity index (χ0n) is 10.1. The number of nitrogens with one attached hydrogen (secondary N) is 1. The van der Waals surface area contributed by atoms with Crippen molar-refractivity contribution in [2.45, 2.75) is 18.9 Å². The molecule has 94 valence electrons. The molecule has 4 heteroatoms. The molecule has 0 aliphatic heterocycles. The summed E-state index contributed by atoms with van der Waals surface area (Å²) in [6.07, 6.45) is 2.38. The van der Waals surface area contributed by atoms with Crippen LogP contribution in [0.4, 0.5) is 0 Å². The molecule has 0 bridgehead atoms. The molecule has 1 atom stereocenters. The molecule has 3 rings (SSSR count). The van der Waals surface area contributed by atoms with Gasteiger partial charge in [-0.25, -0.2) is 0 Å². The minimum absolute atomic E-state index is 0.0125. The second-order valence-corrected chi connectivity index (χ2v) is 5.89.